The summed E-state index contributed by atoms with van der Waals surface area (Å²) < 4.78 is 11.7. The van der Waals surface area contributed by atoms with Gasteiger partial charge in [-0.15, -0.1) is 0 Å². The van der Waals surface area contributed by atoms with Gasteiger partial charge in [0.25, 0.3) is 5.91 Å². The Morgan fingerprint density at radius 2 is 1.89 bits per heavy atom. The zero-order valence-corrected chi connectivity index (χ0v) is 19.5. The van der Waals surface area contributed by atoms with Crippen molar-refractivity contribution >= 4 is 39.9 Å². The van der Waals surface area contributed by atoms with Gasteiger partial charge in [0, 0.05) is 16.3 Å². The fourth-order valence-electron chi connectivity index (χ4n) is 4.31. The molecule has 3 aromatic carbocycles. The molecule has 1 aliphatic heterocycles. The number of ketones is 1. The van der Waals surface area contributed by atoms with E-state index >= 15 is 0 Å². The van der Waals surface area contributed by atoms with E-state index in [4.69, 9.17) is 20.8 Å². The standard InChI is InChI=1S/C28H20ClNO5/c1-3-13-34-21-6-4-5-18(14-21)25-24-26(32)22-15-19(29)9-12-23(22)35-27(24)28(33)30(25)20-10-7-17(8-11-20)16(2)31/h3-12,14-15,25H,1,13H2,2H3. The van der Waals surface area contributed by atoms with Gasteiger partial charge >= 0.3 is 0 Å². The largest absolute Gasteiger partial charge is 0.490 e. The Morgan fingerprint density at radius 3 is 2.60 bits per heavy atom. The molecule has 1 aromatic heterocycles. The maximum Gasteiger partial charge on any atom is 0.295 e. The average Bonchev–Trinajstić information content (AvgIpc) is 3.16. The van der Waals surface area contributed by atoms with Crippen molar-refractivity contribution in [1.29, 1.82) is 0 Å². The van der Waals surface area contributed by atoms with E-state index in [1.165, 1.54) is 11.8 Å². The quantitative estimate of drug-likeness (QED) is 0.248. The minimum atomic E-state index is -0.771. The minimum absolute atomic E-state index is 0.0251. The first kappa shape index (κ1) is 22.6. The first-order chi connectivity index (χ1) is 16.9. The second-order valence-electron chi connectivity index (χ2n) is 8.17. The molecular weight excluding hydrogens is 466 g/mol. The lowest BCUT2D eigenvalue weighted by Crippen LogP contribution is -2.29. The van der Waals surface area contributed by atoms with E-state index in [2.05, 4.69) is 6.58 Å². The lowest BCUT2D eigenvalue weighted by molar-refractivity contribution is 0.0970. The van der Waals surface area contributed by atoms with Crippen LogP contribution in [0.4, 0.5) is 5.69 Å². The number of carbonyl (C=O) groups is 2. The van der Waals surface area contributed by atoms with Gasteiger partial charge < -0.3 is 9.15 Å². The number of ether oxygens (including phenoxy) is 1. The van der Waals surface area contributed by atoms with Crippen molar-refractivity contribution < 1.29 is 18.7 Å². The monoisotopic (exact) mass is 485 g/mol. The van der Waals surface area contributed by atoms with Crippen molar-refractivity contribution in [2.75, 3.05) is 11.5 Å². The number of nitrogens with zero attached hydrogens (tertiary/aromatic N) is 1. The van der Waals surface area contributed by atoms with Gasteiger partial charge in [-0.1, -0.05) is 36.4 Å². The Hall–Kier alpha value is -4.16. The number of carbonyl (C=O) groups excluding carboxylic acids is 2. The summed E-state index contributed by atoms with van der Waals surface area (Å²) in [6, 6.07) is 17.8. The lowest BCUT2D eigenvalue weighted by atomic mass is 9.98. The summed E-state index contributed by atoms with van der Waals surface area (Å²) >= 11 is 6.15. The van der Waals surface area contributed by atoms with Crippen molar-refractivity contribution in [3.63, 3.8) is 0 Å². The molecule has 0 saturated heterocycles. The van der Waals surface area contributed by atoms with Crippen molar-refractivity contribution in [1.82, 2.24) is 0 Å². The van der Waals surface area contributed by atoms with Gasteiger partial charge in [0.05, 0.1) is 17.0 Å². The number of amides is 1. The molecule has 4 aromatic rings. The third kappa shape index (κ3) is 3.92. The highest BCUT2D eigenvalue weighted by atomic mass is 35.5. The molecule has 174 valence electrons. The Kier molecular flexibility index (Phi) is 5.75. The smallest absolute Gasteiger partial charge is 0.295 e. The van der Waals surface area contributed by atoms with E-state index in [0.29, 0.717) is 39.6 Å². The third-order valence-corrected chi connectivity index (χ3v) is 6.16. The molecule has 1 unspecified atom stereocenters. The summed E-state index contributed by atoms with van der Waals surface area (Å²) in [4.78, 5) is 40.6. The van der Waals surface area contributed by atoms with Crippen molar-refractivity contribution in [3.05, 3.63) is 117 Å². The summed E-state index contributed by atoms with van der Waals surface area (Å²) in [5.41, 5.74) is 1.88. The van der Waals surface area contributed by atoms with E-state index in [0.717, 1.165) is 0 Å². The van der Waals surface area contributed by atoms with Crippen molar-refractivity contribution in [2.24, 2.45) is 0 Å². The number of halogens is 1. The second-order valence-corrected chi connectivity index (χ2v) is 8.60. The topological polar surface area (TPSA) is 76.8 Å². The molecule has 1 amide bonds. The van der Waals surface area contributed by atoms with Crippen molar-refractivity contribution in [2.45, 2.75) is 13.0 Å². The van der Waals surface area contributed by atoms with Crippen LogP contribution < -0.4 is 15.1 Å². The molecule has 0 fully saturated rings. The molecule has 1 atom stereocenters. The first-order valence-corrected chi connectivity index (χ1v) is 11.3. The summed E-state index contributed by atoms with van der Waals surface area (Å²) in [5, 5.41) is 0.684. The van der Waals surface area contributed by atoms with E-state index in [-0.39, 0.29) is 28.1 Å². The predicted octanol–water partition coefficient (Wildman–Crippen LogP) is 5.96. The van der Waals surface area contributed by atoms with E-state index in [9.17, 15) is 14.4 Å². The summed E-state index contributed by atoms with van der Waals surface area (Å²) in [6.45, 7) is 5.45. The molecule has 0 spiro atoms. The van der Waals surface area contributed by atoms with Crippen LogP contribution in [0.15, 0.2) is 88.6 Å². The molecule has 2 heterocycles. The molecule has 35 heavy (non-hydrogen) atoms. The Bertz CT molecular complexity index is 1550. The molecular formula is C28H20ClNO5. The normalized spacial score (nSPS) is 14.7. The number of hydrogen-bond acceptors (Lipinski definition) is 5. The highest BCUT2D eigenvalue weighted by Crippen LogP contribution is 2.42. The Balaban J connectivity index is 1.74. The maximum atomic E-state index is 13.7. The molecule has 5 rings (SSSR count). The highest BCUT2D eigenvalue weighted by Gasteiger charge is 2.43. The zero-order valence-electron chi connectivity index (χ0n) is 18.8. The summed E-state index contributed by atoms with van der Waals surface area (Å²) in [7, 11) is 0. The van der Waals surface area contributed by atoms with Crippen LogP contribution >= 0.6 is 11.6 Å². The lowest BCUT2D eigenvalue weighted by Gasteiger charge is -2.25. The van der Waals surface area contributed by atoms with Crippen LogP contribution in [0.25, 0.3) is 11.0 Å². The van der Waals surface area contributed by atoms with Crippen LogP contribution in [0, 0.1) is 0 Å². The summed E-state index contributed by atoms with van der Waals surface area (Å²) in [5.74, 6) is 0.00870. The maximum absolute atomic E-state index is 13.7. The van der Waals surface area contributed by atoms with Crippen molar-refractivity contribution in [3.8, 4) is 5.75 Å². The van der Waals surface area contributed by atoms with E-state index < -0.39 is 11.9 Å². The minimum Gasteiger partial charge on any atom is -0.490 e. The number of rotatable bonds is 6. The number of Topliss-reactive ketones (excluding diaryl/α,β-unsaturated/α-hetero) is 1. The van der Waals surface area contributed by atoms with Crippen LogP contribution in [0.1, 0.15) is 45.0 Å². The molecule has 0 radical (unpaired) electrons. The molecule has 1 aliphatic rings. The molecule has 0 bridgehead atoms. The zero-order chi connectivity index (χ0) is 24.7. The third-order valence-electron chi connectivity index (χ3n) is 5.93. The van der Waals surface area contributed by atoms with Crippen LogP contribution in [0.2, 0.25) is 5.02 Å². The average molecular weight is 486 g/mol. The molecule has 6 nitrogen and oxygen atoms in total. The van der Waals surface area contributed by atoms with Crippen LogP contribution in [0.5, 0.6) is 5.75 Å². The van der Waals surface area contributed by atoms with Gasteiger partial charge in [0.1, 0.15) is 17.9 Å². The fourth-order valence-corrected chi connectivity index (χ4v) is 4.49. The van der Waals surface area contributed by atoms with Gasteiger partial charge in [-0.05, 0) is 67.1 Å². The molecule has 0 N–H and O–H groups in total. The Labute approximate surface area is 206 Å². The van der Waals surface area contributed by atoms with Gasteiger partial charge in [0.15, 0.2) is 11.2 Å². The number of hydrogen-bond donors (Lipinski definition) is 0. The van der Waals surface area contributed by atoms with Gasteiger partial charge in [-0.3, -0.25) is 19.3 Å². The summed E-state index contributed by atoms with van der Waals surface area (Å²) in [6.07, 6.45) is 1.63. The van der Waals surface area contributed by atoms with E-state index in [1.807, 2.05) is 6.07 Å². The SMILES string of the molecule is C=CCOc1cccc(C2c3c(oc4ccc(Cl)cc4c3=O)C(=O)N2c2ccc(C(C)=O)cc2)c1. The van der Waals surface area contributed by atoms with Crippen LogP contribution in [0.3, 0.4) is 0 Å². The highest BCUT2D eigenvalue weighted by molar-refractivity contribution is 6.31. The van der Waals surface area contributed by atoms with Crippen LogP contribution in [-0.4, -0.2) is 18.3 Å². The predicted molar refractivity (Wildman–Crippen MR) is 135 cm³/mol. The number of benzene rings is 3. The molecule has 0 saturated carbocycles. The molecule has 0 aliphatic carbocycles. The van der Waals surface area contributed by atoms with Gasteiger partial charge in [0.2, 0.25) is 5.76 Å². The van der Waals surface area contributed by atoms with E-state index in [1.54, 1.807) is 66.7 Å². The first-order valence-electron chi connectivity index (χ1n) is 10.9. The number of fused-ring (bicyclic) bond motifs is 2. The second kappa shape index (κ2) is 8.89. The van der Waals surface area contributed by atoms with Gasteiger partial charge in [-0.2, -0.15) is 0 Å². The van der Waals surface area contributed by atoms with Gasteiger partial charge in [-0.25, -0.2) is 0 Å². The molecule has 7 heteroatoms. The fraction of sp³-hybridized carbons (Fsp3) is 0.107. The Morgan fingerprint density at radius 1 is 1.11 bits per heavy atom. The van der Waals surface area contributed by atoms with Crippen LogP contribution in [-0.2, 0) is 0 Å². The number of anilines is 1.